The van der Waals surface area contributed by atoms with Gasteiger partial charge in [0, 0.05) is 30.9 Å². The summed E-state index contributed by atoms with van der Waals surface area (Å²) in [6, 6.07) is 11.3. The van der Waals surface area contributed by atoms with Crippen LogP contribution in [0.5, 0.6) is 0 Å². The highest BCUT2D eigenvalue weighted by molar-refractivity contribution is 5.94. The average Bonchev–Trinajstić information content (AvgIpc) is 2.93. The van der Waals surface area contributed by atoms with E-state index in [0.29, 0.717) is 13.1 Å². The highest BCUT2D eigenvalue weighted by Gasteiger charge is 2.18. The first-order valence-corrected chi connectivity index (χ1v) is 7.21. The summed E-state index contributed by atoms with van der Waals surface area (Å²) in [5.41, 5.74) is 2.64. The Bertz CT molecular complexity index is 703. The molecule has 1 aliphatic heterocycles. The molecule has 1 N–H and O–H groups in total. The van der Waals surface area contributed by atoms with Gasteiger partial charge in [0.15, 0.2) is 11.6 Å². The van der Waals surface area contributed by atoms with Crippen LogP contribution in [0.4, 0.5) is 14.5 Å². The molecule has 0 radical (unpaired) electrons. The number of fused-ring (bicyclic) bond motifs is 1. The molecule has 0 aliphatic carbocycles. The lowest BCUT2D eigenvalue weighted by Gasteiger charge is -2.19. The number of para-hydroxylation sites is 1. The third kappa shape index (κ3) is 2.93. The number of rotatable bonds is 4. The van der Waals surface area contributed by atoms with Crippen molar-refractivity contribution in [1.29, 1.82) is 0 Å². The molecule has 0 aromatic heterocycles. The number of benzene rings is 2. The number of nitrogens with zero attached hydrogens (tertiary/aromatic N) is 1. The maximum Gasteiger partial charge on any atom is 0.251 e. The third-order valence-electron chi connectivity index (χ3n) is 3.83. The van der Waals surface area contributed by atoms with Crippen molar-refractivity contribution in [1.82, 2.24) is 5.32 Å². The van der Waals surface area contributed by atoms with Gasteiger partial charge in [0.25, 0.3) is 5.91 Å². The zero-order valence-electron chi connectivity index (χ0n) is 12.0. The van der Waals surface area contributed by atoms with Gasteiger partial charge < -0.3 is 10.2 Å². The van der Waals surface area contributed by atoms with Gasteiger partial charge in [-0.1, -0.05) is 18.2 Å². The summed E-state index contributed by atoms with van der Waals surface area (Å²) in [6.45, 7) is 2.07. The van der Waals surface area contributed by atoms with Crippen molar-refractivity contribution < 1.29 is 13.6 Å². The topological polar surface area (TPSA) is 32.3 Å². The number of hydrogen-bond donors (Lipinski definition) is 1. The van der Waals surface area contributed by atoms with Crippen LogP contribution >= 0.6 is 0 Å². The smallest absolute Gasteiger partial charge is 0.251 e. The van der Waals surface area contributed by atoms with Crippen molar-refractivity contribution in [3.8, 4) is 0 Å². The van der Waals surface area contributed by atoms with Gasteiger partial charge in [0.2, 0.25) is 0 Å². The number of nitrogens with one attached hydrogen (secondary N) is 1. The molecule has 1 aliphatic rings. The minimum absolute atomic E-state index is 0.126. The van der Waals surface area contributed by atoms with E-state index >= 15 is 0 Å². The van der Waals surface area contributed by atoms with E-state index in [1.165, 1.54) is 17.3 Å². The molecule has 0 unspecified atom stereocenters. The molecule has 3 nitrogen and oxygen atoms in total. The zero-order chi connectivity index (χ0) is 15.5. The van der Waals surface area contributed by atoms with Crippen molar-refractivity contribution in [2.75, 3.05) is 24.5 Å². The Morgan fingerprint density at radius 3 is 2.77 bits per heavy atom. The largest absolute Gasteiger partial charge is 0.369 e. The van der Waals surface area contributed by atoms with Gasteiger partial charge in [0.05, 0.1) is 0 Å². The minimum Gasteiger partial charge on any atom is -0.369 e. The number of amides is 1. The summed E-state index contributed by atoms with van der Waals surface area (Å²) in [6.07, 6.45) is 1.01. The molecule has 2 aromatic rings. The first kappa shape index (κ1) is 14.5. The van der Waals surface area contributed by atoms with Gasteiger partial charge in [-0.15, -0.1) is 0 Å². The molecular formula is C17H16F2N2O. The second-order valence-electron chi connectivity index (χ2n) is 5.25. The second kappa shape index (κ2) is 6.13. The number of carbonyl (C=O) groups is 1. The monoisotopic (exact) mass is 302 g/mol. The van der Waals surface area contributed by atoms with E-state index in [2.05, 4.69) is 22.3 Å². The Labute approximate surface area is 127 Å². The van der Waals surface area contributed by atoms with Crippen molar-refractivity contribution >= 4 is 11.6 Å². The van der Waals surface area contributed by atoms with Crippen LogP contribution in [0.2, 0.25) is 0 Å². The third-order valence-corrected chi connectivity index (χ3v) is 3.83. The fraction of sp³-hybridized carbons (Fsp3) is 0.235. The standard InChI is InChI=1S/C17H16F2N2O/c18-14-6-5-13(11-15(14)19)17(22)20-8-10-21-9-7-12-3-1-2-4-16(12)21/h1-6,11H,7-10H2,(H,20,22). The van der Waals surface area contributed by atoms with Crippen LogP contribution in [0.15, 0.2) is 42.5 Å². The van der Waals surface area contributed by atoms with Crippen molar-refractivity contribution in [3.05, 3.63) is 65.2 Å². The van der Waals surface area contributed by atoms with E-state index in [1.807, 2.05) is 12.1 Å². The van der Waals surface area contributed by atoms with Gasteiger partial charge in [-0.2, -0.15) is 0 Å². The SMILES string of the molecule is O=C(NCCN1CCc2ccccc21)c1ccc(F)c(F)c1. The number of anilines is 1. The van der Waals surface area contributed by atoms with Crippen LogP contribution in [0.25, 0.3) is 0 Å². The molecule has 114 valence electrons. The molecule has 22 heavy (non-hydrogen) atoms. The summed E-state index contributed by atoms with van der Waals surface area (Å²) in [5, 5.41) is 2.73. The zero-order valence-corrected chi connectivity index (χ0v) is 12.0. The van der Waals surface area contributed by atoms with Crippen LogP contribution in [-0.4, -0.2) is 25.5 Å². The molecule has 5 heteroatoms. The Morgan fingerprint density at radius 2 is 1.95 bits per heavy atom. The molecule has 0 saturated carbocycles. The Morgan fingerprint density at radius 1 is 1.14 bits per heavy atom. The van der Waals surface area contributed by atoms with E-state index in [1.54, 1.807) is 0 Å². The van der Waals surface area contributed by atoms with E-state index in [-0.39, 0.29) is 5.56 Å². The number of carbonyl (C=O) groups excluding carboxylic acids is 1. The lowest BCUT2D eigenvalue weighted by atomic mass is 10.2. The lowest BCUT2D eigenvalue weighted by molar-refractivity contribution is 0.0954. The van der Waals surface area contributed by atoms with Crippen LogP contribution in [0, 0.1) is 11.6 Å². The summed E-state index contributed by atoms with van der Waals surface area (Å²) in [5.74, 6) is -2.36. The molecule has 0 saturated heterocycles. The van der Waals surface area contributed by atoms with Crippen LogP contribution in [0.3, 0.4) is 0 Å². The molecule has 0 fully saturated rings. The van der Waals surface area contributed by atoms with Gasteiger partial charge in [-0.25, -0.2) is 8.78 Å². The van der Waals surface area contributed by atoms with E-state index in [4.69, 9.17) is 0 Å². The maximum absolute atomic E-state index is 13.1. The van der Waals surface area contributed by atoms with Crippen molar-refractivity contribution in [2.45, 2.75) is 6.42 Å². The number of hydrogen-bond acceptors (Lipinski definition) is 2. The summed E-state index contributed by atoms with van der Waals surface area (Å²) < 4.78 is 26.0. The van der Waals surface area contributed by atoms with E-state index in [9.17, 15) is 13.6 Å². The molecule has 1 heterocycles. The predicted molar refractivity (Wildman–Crippen MR) is 81.1 cm³/mol. The lowest BCUT2D eigenvalue weighted by Crippen LogP contribution is -2.34. The first-order valence-electron chi connectivity index (χ1n) is 7.21. The molecular weight excluding hydrogens is 286 g/mol. The summed E-state index contributed by atoms with van der Waals surface area (Å²) in [4.78, 5) is 14.1. The fourth-order valence-electron chi connectivity index (χ4n) is 2.68. The molecule has 2 aromatic carbocycles. The minimum atomic E-state index is -1.01. The average molecular weight is 302 g/mol. The highest BCUT2D eigenvalue weighted by atomic mass is 19.2. The normalized spacial score (nSPS) is 13.1. The van der Waals surface area contributed by atoms with E-state index < -0.39 is 17.5 Å². The van der Waals surface area contributed by atoms with Gasteiger partial charge in [-0.05, 0) is 36.2 Å². The molecule has 0 bridgehead atoms. The number of halogens is 2. The Balaban J connectivity index is 1.55. The summed E-state index contributed by atoms with van der Waals surface area (Å²) >= 11 is 0. The molecule has 0 spiro atoms. The van der Waals surface area contributed by atoms with Crippen LogP contribution in [0.1, 0.15) is 15.9 Å². The predicted octanol–water partition coefficient (Wildman–Crippen LogP) is 2.76. The quantitative estimate of drug-likeness (QED) is 0.942. The van der Waals surface area contributed by atoms with Gasteiger partial charge in [-0.3, -0.25) is 4.79 Å². The van der Waals surface area contributed by atoms with Crippen molar-refractivity contribution in [2.24, 2.45) is 0 Å². The maximum atomic E-state index is 13.1. The fourth-order valence-corrected chi connectivity index (χ4v) is 2.68. The molecule has 1 amide bonds. The van der Waals surface area contributed by atoms with Gasteiger partial charge in [0.1, 0.15) is 0 Å². The highest BCUT2D eigenvalue weighted by Crippen LogP contribution is 2.26. The van der Waals surface area contributed by atoms with Gasteiger partial charge >= 0.3 is 0 Å². The van der Waals surface area contributed by atoms with Crippen LogP contribution < -0.4 is 10.2 Å². The first-order chi connectivity index (χ1) is 10.6. The molecule has 3 rings (SSSR count). The van der Waals surface area contributed by atoms with Crippen LogP contribution in [-0.2, 0) is 6.42 Å². The summed E-state index contributed by atoms with van der Waals surface area (Å²) in [7, 11) is 0. The Hall–Kier alpha value is -2.43. The van der Waals surface area contributed by atoms with Crippen molar-refractivity contribution in [3.63, 3.8) is 0 Å². The Kier molecular flexibility index (Phi) is 4.04. The second-order valence-corrected chi connectivity index (χ2v) is 5.25. The molecule has 0 atom stereocenters. The van der Waals surface area contributed by atoms with E-state index in [0.717, 1.165) is 25.1 Å².